The molecule has 0 atom stereocenters. The number of carbonyl (C=O) groups excluding carboxylic acids is 1. The smallest absolute Gasteiger partial charge is 0.246 e. The number of amides is 1. The molecule has 1 amide bonds. The van der Waals surface area contributed by atoms with Crippen molar-refractivity contribution in [2.75, 3.05) is 6.54 Å². The van der Waals surface area contributed by atoms with E-state index >= 15 is 0 Å². The van der Waals surface area contributed by atoms with Gasteiger partial charge in [0.15, 0.2) is 0 Å². The molecule has 2 nitrogen and oxygen atoms in total. The molecule has 1 aliphatic heterocycles. The molecule has 0 aliphatic carbocycles. The second kappa shape index (κ2) is 2.86. The lowest BCUT2D eigenvalue weighted by atomic mass is 10.1. The van der Waals surface area contributed by atoms with Crippen molar-refractivity contribution in [3.63, 3.8) is 0 Å². The largest absolute Gasteiger partial charge is 0.352 e. The van der Waals surface area contributed by atoms with Crippen LogP contribution in [0.5, 0.6) is 0 Å². The first-order valence-electron chi connectivity index (χ1n) is 3.69. The summed E-state index contributed by atoms with van der Waals surface area (Å²) in [5.74, 6) is 0.604. The molecule has 1 fully saturated rings. The van der Waals surface area contributed by atoms with Gasteiger partial charge in [0, 0.05) is 12.1 Å². The SMILES string of the molecule is CC(C)/C=C1/CCNC1=O. The van der Waals surface area contributed by atoms with Crippen LogP contribution in [0.25, 0.3) is 0 Å². The van der Waals surface area contributed by atoms with Crippen molar-refractivity contribution in [2.24, 2.45) is 5.92 Å². The van der Waals surface area contributed by atoms with Crippen LogP contribution in [0.2, 0.25) is 0 Å². The molecule has 0 bridgehead atoms. The highest BCUT2D eigenvalue weighted by molar-refractivity contribution is 5.95. The van der Waals surface area contributed by atoms with Crippen molar-refractivity contribution in [1.82, 2.24) is 5.32 Å². The van der Waals surface area contributed by atoms with Crippen molar-refractivity contribution in [3.8, 4) is 0 Å². The summed E-state index contributed by atoms with van der Waals surface area (Å²) in [7, 11) is 0. The molecule has 0 aromatic heterocycles. The van der Waals surface area contributed by atoms with E-state index in [9.17, 15) is 4.79 Å². The van der Waals surface area contributed by atoms with Gasteiger partial charge in [0.05, 0.1) is 0 Å². The molecule has 1 rings (SSSR count). The van der Waals surface area contributed by atoms with Gasteiger partial charge in [0.2, 0.25) is 5.91 Å². The third-order valence-corrected chi connectivity index (χ3v) is 1.51. The van der Waals surface area contributed by atoms with Crippen LogP contribution >= 0.6 is 0 Å². The van der Waals surface area contributed by atoms with Crippen LogP contribution in [0, 0.1) is 5.92 Å². The predicted octanol–water partition coefficient (Wildman–Crippen LogP) is 1.09. The van der Waals surface area contributed by atoms with Crippen LogP contribution in [0.1, 0.15) is 20.3 Å². The number of hydrogen-bond donors (Lipinski definition) is 1. The zero-order chi connectivity index (χ0) is 7.56. The minimum absolute atomic E-state index is 0.119. The molecule has 0 saturated carbocycles. The molecule has 1 saturated heterocycles. The van der Waals surface area contributed by atoms with Crippen LogP contribution in [0.3, 0.4) is 0 Å². The topological polar surface area (TPSA) is 29.1 Å². The lowest BCUT2D eigenvalue weighted by Crippen LogP contribution is -2.14. The van der Waals surface area contributed by atoms with E-state index in [0.29, 0.717) is 5.92 Å². The molecule has 0 spiro atoms. The quantitative estimate of drug-likeness (QED) is 0.541. The van der Waals surface area contributed by atoms with Crippen molar-refractivity contribution >= 4 is 5.91 Å². The Kier molecular flexibility index (Phi) is 2.10. The van der Waals surface area contributed by atoms with E-state index in [1.54, 1.807) is 0 Å². The highest BCUT2D eigenvalue weighted by Gasteiger charge is 2.15. The molecular formula is C8H13NO. The van der Waals surface area contributed by atoms with Crippen molar-refractivity contribution < 1.29 is 4.79 Å². The van der Waals surface area contributed by atoms with Gasteiger partial charge in [-0.05, 0) is 12.3 Å². The van der Waals surface area contributed by atoms with Gasteiger partial charge in [-0.2, -0.15) is 0 Å². The zero-order valence-corrected chi connectivity index (χ0v) is 6.48. The van der Waals surface area contributed by atoms with Crippen molar-refractivity contribution in [1.29, 1.82) is 0 Å². The number of rotatable bonds is 1. The first kappa shape index (κ1) is 7.32. The summed E-state index contributed by atoms with van der Waals surface area (Å²) in [5, 5.41) is 2.77. The number of carbonyl (C=O) groups is 1. The van der Waals surface area contributed by atoms with Crippen molar-refractivity contribution in [2.45, 2.75) is 20.3 Å². The Morgan fingerprint density at radius 3 is 2.70 bits per heavy atom. The van der Waals surface area contributed by atoms with E-state index in [2.05, 4.69) is 19.2 Å². The first-order valence-corrected chi connectivity index (χ1v) is 3.69. The van der Waals surface area contributed by atoms with E-state index in [0.717, 1.165) is 18.5 Å². The minimum Gasteiger partial charge on any atom is -0.352 e. The zero-order valence-electron chi connectivity index (χ0n) is 6.48. The van der Waals surface area contributed by atoms with Gasteiger partial charge < -0.3 is 5.32 Å². The molecule has 56 valence electrons. The maximum absolute atomic E-state index is 10.9. The van der Waals surface area contributed by atoms with Crippen molar-refractivity contribution in [3.05, 3.63) is 11.6 Å². The van der Waals surface area contributed by atoms with Crippen LogP contribution in [-0.2, 0) is 4.79 Å². The summed E-state index contributed by atoms with van der Waals surface area (Å²) in [6, 6.07) is 0. The fraction of sp³-hybridized carbons (Fsp3) is 0.625. The average Bonchev–Trinajstić information content (AvgIpc) is 2.15. The maximum Gasteiger partial charge on any atom is 0.246 e. The Morgan fingerprint density at radius 2 is 2.30 bits per heavy atom. The second-order valence-electron chi connectivity index (χ2n) is 2.94. The lowest BCUT2D eigenvalue weighted by Gasteiger charge is -1.95. The van der Waals surface area contributed by atoms with Gasteiger partial charge in [-0.3, -0.25) is 4.79 Å². The third-order valence-electron chi connectivity index (χ3n) is 1.51. The first-order chi connectivity index (χ1) is 4.70. The maximum atomic E-state index is 10.9. The Bertz CT molecular complexity index is 170. The summed E-state index contributed by atoms with van der Waals surface area (Å²) >= 11 is 0. The lowest BCUT2D eigenvalue weighted by molar-refractivity contribution is -0.116. The normalized spacial score (nSPS) is 22.3. The number of nitrogens with one attached hydrogen (secondary N) is 1. The van der Waals surface area contributed by atoms with E-state index < -0.39 is 0 Å². The highest BCUT2D eigenvalue weighted by atomic mass is 16.1. The van der Waals surface area contributed by atoms with Gasteiger partial charge in [-0.25, -0.2) is 0 Å². The third kappa shape index (κ3) is 1.59. The van der Waals surface area contributed by atoms with Gasteiger partial charge in [0.25, 0.3) is 0 Å². The molecule has 2 heteroatoms. The summed E-state index contributed by atoms with van der Waals surface area (Å²) in [5.41, 5.74) is 0.954. The summed E-state index contributed by atoms with van der Waals surface area (Å²) in [4.78, 5) is 10.9. The fourth-order valence-electron chi connectivity index (χ4n) is 1.10. The molecule has 10 heavy (non-hydrogen) atoms. The Balaban J connectivity index is 2.62. The minimum atomic E-state index is 0.119. The van der Waals surface area contributed by atoms with Crippen LogP contribution in [0.15, 0.2) is 11.6 Å². The number of allylic oxidation sites excluding steroid dienone is 1. The predicted molar refractivity (Wildman–Crippen MR) is 40.5 cm³/mol. The monoisotopic (exact) mass is 139 g/mol. The Hall–Kier alpha value is -0.790. The van der Waals surface area contributed by atoms with Gasteiger partial charge in [-0.15, -0.1) is 0 Å². The van der Waals surface area contributed by atoms with Crippen LogP contribution in [-0.4, -0.2) is 12.5 Å². The van der Waals surface area contributed by atoms with E-state index in [1.807, 2.05) is 6.08 Å². The Labute approximate surface area is 61.3 Å². The molecule has 0 aromatic rings. The second-order valence-corrected chi connectivity index (χ2v) is 2.94. The molecular weight excluding hydrogens is 126 g/mol. The molecule has 0 aromatic carbocycles. The van der Waals surface area contributed by atoms with E-state index in [-0.39, 0.29) is 5.91 Å². The standard InChI is InChI=1S/C8H13NO/c1-6(2)5-7-3-4-9-8(7)10/h5-6H,3-4H2,1-2H3,(H,9,10)/b7-5-. The summed E-state index contributed by atoms with van der Waals surface area (Å²) in [6.07, 6.45) is 2.93. The molecule has 1 N–H and O–H groups in total. The highest BCUT2D eigenvalue weighted by Crippen LogP contribution is 2.10. The number of hydrogen-bond acceptors (Lipinski definition) is 1. The Morgan fingerprint density at radius 1 is 1.60 bits per heavy atom. The summed E-state index contributed by atoms with van der Waals surface area (Å²) < 4.78 is 0. The average molecular weight is 139 g/mol. The van der Waals surface area contributed by atoms with Gasteiger partial charge in [-0.1, -0.05) is 19.9 Å². The van der Waals surface area contributed by atoms with E-state index in [1.165, 1.54) is 0 Å². The van der Waals surface area contributed by atoms with Gasteiger partial charge in [0.1, 0.15) is 0 Å². The molecule has 0 radical (unpaired) electrons. The van der Waals surface area contributed by atoms with Crippen LogP contribution in [0.4, 0.5) is 0 Å². The summed E-state index contributed by atoms with van der Waals surface area (Å²) in [6.45, 7) is 4.98. The van der Waals surface area contributed by atoms with Gasteiger partial charge >= 0.3 is 0 Å². The molecule has 0 unspecified atom stereocenters. The van der Waals surface area contributed by atoms with E-state index in [4.69, 9.17) is 0 Å². The molecule has 1 heterocycles. The fourth-order valence-corrected chi connectivity index (χ4v) is 1.10. The van der Waals surface area contributed by atoms with Crippen LogP contribution < -0.4 is 5.32 Å². The molecule has 1 aliphatic rings.